The monoisotopic (exact) mass is 158 g/mol. The van der Waals surface area contributed by atoms with Gasteiger partial charge in [0.25, 0.3) is 0 Å². The first-order chi connectivity index (χ1) is 5.13. The van der Waals surface area contributed by atoms with E-state index in [9.17, 15) is 9.90 Å². The first-order valence-electron chi connectivity index (χ1n) is 3.78. The van der Waals surface area contributed by atoms with Crippen LogP contribution in [0, 0.1) is 0 Å². The Hall–Kier alpha value is -0.610. The van der Waals surface area contributed by atoms with E-state index in [1.165, 1.54) is 6.92 Å². The molecule has 0 bridgehead atoms. The van der Waals surface area contributed by atoms with Crippen molar-refractivity contribution in [2.24, 2.45) is 0 Å². The van der Waals surface area contributed by atoms with Gasteiger partial charge in [-0.25, -0.2) is 0 Å². The quantitative estimate of drug-likeness (QED) is 0.522. The van der Waals surface area contributed by atoms with Crippen LogP contribution >= 0.6 is 0 Å². The zero-order chi connectivity index (χ0) is 8.43. The van der Waals surface area contributed by atoms with Crippen LogP contribution in [-0.4, -0.2) is 41.8 Å². The van der Waals surface area contributed by atoms with Gasteiger partial charge in [0, 0.05) is 14.0 Å². The van der Waals surface area contributed by atoms with Crippen LogP contribution in [0.25, 0.3) is 0 Å². The average Bonchev–Trinajstić information content (AvgIpc) is 2.33. The summed E-state index contributed by atoms with van der Waals surface area (Å²) in [6.07, 6.45) is 0.279. The van der Waals surface area contributed by atoms with E-state index in [0.717, 1.165) is 13.0 Å². The summed E-state index contributed by atoms with van der Waals surface area (Å²) >= 11 is 0. The van der Waals surface area contributed by atoms with Crippen LogP contribution in [0.1, 0.15) is 13.3 Å². The van der Waals surface area contributed by atoms with Crippen LogP contribution in [0.4, 0.5) is 0 Å². The second kappa shape index (κ2) is 3.19. The fourth-order valence-corrected chi connectivity index (χ4v) is 1.31. The normalized spacial score (nSPS) is 30.5. The molecule has 0 spiro atoms. The summed E-state index contributed by atoms with van der Waals surface area (Å²) in [5.74, 6) is -0.00208. The first-order valence-corrected chi connectivity index (χ1v) is 3.78. The third kappa shape index (κ3) is 1.70. The van der Waals surface area contributed by atoms with Gasteiger partial charge in [0.1, 0.15) is 6.23 Å². The predicted octanol–water partition coefficient (Wildman–Crippen LogP) is -0.855. The number of nitrogens with zero attached hydrogens (tertiary/aromatic N) is 1. The summed E-state index contributed by atoms with van der Waals surface area (Å²) in [5.41, 5.74) is 0. The smallest absolute Gasteiger partial charge is 0.219 e. The number of likely N-dealkylation sites (N-methyl/N-ethyl adjacent to an activating group) is 1. The molecule has 64 valence electrons. The SMILES string of the molecule is CC(=O)N(C)C1CCNC1O. The Morgan fingerprint density at radius 2 is 2.36 bits per heavy atom. The Balaban J connectivity index is 2.52. The van der Waals surface area contributed by atoms with Gasteiger partial charge in [0.15, 0.2) is 0 Å². The van der Waals surface area contributed by atoms with E-state index in [-0.39, 0.29) is 11.9 Å². The Labute approximate surface area is 66.2 Å². The van der Waals surface area contributed by atoms with E-state index in [1.807, 2.05) is 0 Å². The van der Waals surface area contributed by atoms with Crippen LogP contribution in [0.2, 0.25) is 0 Å². The molecule has 0 aromatic carbocycles. The van der Waals surface area contributed by atoms with E-state index in [4.69, 9.17) is 0 Å². The van der Waals surface area contributed by atoms with Crippen molar-refractivity contribution in [1.29, 1.82) is 0 Å². The summed E-state index contributed by atoms with van der Waals surface area (Å²) in [4.78, 5) is 12.4. The zero-order valence-electron chi connectivity index (χ0n) is 6.87. The number of hydrogen-bond acceptors (Lipinski definition) is 3. The number of hydrogen-bond donors (Lipinski definition) is 2. The van der Waals surface area contributed by atoms with E-state index >= 15 is 0 Å². The number of aliphatic hydroxyl groups excluding tert-OH is 1. The minimum atomic E-state index is -0.552. The molecule has 11 heavy (non-hydrogen) atoms. The highest BCUT2D eigenvalue weighted by molar-refractivity contribution is 5.73. The molecule has 2 atom stereocenters. The van der Waals surface area contributed by atoms with Gasteiger partial charge in [-0.2, -0.15) is 0 Å². The maximum Gasteiger partial charge on any atom is 0.219 e. The third-order valence-corrected chi connectivity index (χ3v) is 2.15. The van der Waals surface area contributed by atoms with E-state index < -0.39 is 6.23 Å². The Morgan fingerprint density at radius 1 is 1.73 bits per heavy atom. The van der Waals surface area contributed by atoms with Gasteiger partial charge < -0.3 is 10.0 Å². The number of aliphatic hydroxyl groups is 1. The Morgan fingerprint density at radius 3 is 2.73 bits per heavy atom. The number of carbonyl (C=O) groups excluding carboxylic acids is 1. The van der Waals surface area contributed by atoms with Crippen molar-refractivity contribution >= 4 is 5.91 Å². The molecule has 2 unspecified atom stereocenters. The highest BCUT2D eigenvalue weighted by atomic mass is 16.3. The summed E-state index contributed by atoms with van der Waals surface area (Å²) in [6, 6.07) is -0.0486. The lowest BCUT2D eigenvalue weighted by Crippen LogP contribution is -2.43. The number of amides is 1. The molecule has 1 aliphatic rings. The number of carbonyl (C=O) groups is 1. The van der Waals surface area contributed by atoms with Gasteiger partial charge in [0.2, 0.25) is 5.91 Å². The van der Waals surface area contributed by atoms with Gasteiger partial charge >= 0.3 is 0 Å². The molecule has 0 radical (unpaired) electrons. The largest absolute Gasteiger partial charge is 0.376 e. The van der Waals surface area contributed by atoms with Gasteiger partial charge in [0.05, 0.1) is 6.04 Å². The van der Waals surface area contributed by atoms with Crippen LogP contribution in [0.15, 0.2) is 0 Å². The fourth-order valence-electron chi connectivity index (χ4n) is 1.31. The third-order valence-electron chi connectivity index (χ3n) is 2.15. The molecule has 0 saturated carbocycles. The maximum absolute atomic E-state index is 10.9. The molecule has 1 aliphatic heterocycles. The molecule has 1 fully saturated rings. The second-order valence-electron chi connectivity index (χ2n) is 2.88. The lowest BCUT2D eigenvalue weighted by atomic mass is 10.2. The molecule has 1 rings (SSSR count). The molecule has 0 aromatic heterocycles. The zero-order valence-corrected chi connectivity index (χ0v) is 6.87. The molecule has 0 aromatic rings. The molecular weight excluding hydrogens is 144 g/mol. The van der Waals surface area contributed by atoms with Crippen LogP contribution in [0.5, 0.6) is 0 Å². The lowest BCUT2D eigenvalue weighted by Gasteiger charge is -2.25. The van der Waals surface area contributed by atoms with Crippen molar-refractivity contribution in [3.05, 3.63) is 0 Å². The first kappa shape index (κ1) is 8.49. The molecule has 2 N–H and O–H groups in total. The summed E-state index contributed by atoms with van der Waals surface area (Å²) in [5, 5.41) is 12.2. The molecule has 4 heteroatoms. The van der Waals surface area contributed by atoms with Crippen LogP contribution in [0.3, 0.4) is 0 Å². The van der Waals surface area contributed by atoms with Crippen LogP contribution in [-0.2, 0) is 4.79 Å². The van der Waals surface area contributed by atoms with Crippen molar-refractivity contribution in [3.63, 3.8) is 0 Å². The summed E-state index contributed by atoms with van der Waals surface area (Å²) in [6.45, 7) is 2.29. The maximum atomic E-state index is 10.9. The van der Waals surface area contributed by atoms with Gasteiger partial charge in [-0.3, -0.25) is 10.1 Å². The predicted molar refractivity (Wildman–Crippen MR) is 40.9 cm³/mol. The minimum absolute atomic E-state index is 0.00208. The molecule has 1 saturated heterocycles. The molecular formula is C7H14N2O2. The highest BCUT2D eigenvalue weighted by Crippen LogP contribution is 2.10. The van der Waals surface area contributed by atoms with Gasteiger partial charge in [-0.1, -0.05) is 0 Å². The van der Waals surface area contributed by atoms with E-state index in [0.29, 0.717) is 0 Å². The average molecular weight is 158 g/mol. The number of nitrogens with one attached hydrogen (secondary N) is 1. The van der Waals surface area contributed by atoms with E-state index in [1.54, 1.807) is 11.9 Å². The minimum Gasteiger partial charge on any atom is -0.376 e. The lowest BCUT2D eigenvalue weighted by molar-refractivity contribution is -0.131. The van der Waals surface area contributed by atoms with Crippen molar-refractivity contribution in [2.45, 2.75) is 25.6 Å². The highest BCUT2D eigenvalue weighted by Gasteiger charge is 2.29. The standard InChI is InChI=1S/C7H14N2O2/c1-5(10)9(2)6-3-4-8-7(6)11/h6-8,11H,3-4H2,1-2H3. The van der Waals surface area contributed by atoms with Crippen LogP contribution < -0.4 is 5.32 Å². The number of rotatable bonds is 1. The topological polar surface area (TPSA) is 52.6 Å². The molecule has 0 aliphatic carbocycles. The molecule has 4 nitrogen and oxygen atoms in total. The van der Waals surface area contributed by atoms with Gasteiger partial charge in [-0.05, 0) is 13.0 Å². The van der Waals surface area contributed by atoms with Crippen molar-refractivity contribution in [2.75, 3.05) is 13.6 Å². The van der Waals surface area contributed by atoms with Gasteiger partial charge in [-0.15, -0.1) is 0 Å². The van der Waals surface area contributed by atoms with Crippen molar-refractivity contribution in [1.82, 2.24) is 10.2 Å². The molecule has 1 heterocycles. The second-order valence-corrected chi connectivity index (χ2v) is 2.88. The van der Waals surface area contributed by atoms with Crippen molar-refractivity contribution < 1.29 is 9.90 Å². The molecule has 1 amide bonds. The fraction of sp³-hybridized carbons (Fsp3) is 0.857. The Kier molecular flexibility index (Phi) is 2.46. The summed E-state index contributed by atoms with van der Waals surface area (Å²) in [7, 11) is 1.71. The Bertz CT molecular complexity index is 161. The van der Waals surface area contributed by atoms with Crippen molar-refractivity contribution in [3.8, 4) is 0 Å². The summed E-state index contributed by atoms with van der Waals surface area (Å²) < 4.78 is 0. The van der Waals surface area contributed by atoms with E-state index in [2.05, 4.69) is 5.32 Å².